The van der Waals surface area contributed by atoms with Gasteiger partial charge in [0, 0.05) is 28.7 Å². The highest BCUT2D eigenvalue weighted by atomic mass is 16.5. The molecule has 0 saturated heterocycles. The molecule has 0 fully saturated rings. The van der Waals surface area contributed by atoms with Crippen LogP contribution in [0.25, 0.3) is 22.3 Å². The van der Waals surface area contributed by atoms with Gasteiger partial charge >= 0.3 is 5.97 Å². The summed E-state index contributed by atoms with van der Waals surface area (Å²) < 4.78 is 23.0. The molecule has 39 heavy (non-hydrogen) atoms. The van der Waals surface area contributed by atoms with Gasteiger partial charge in [0.2, 0.25) is 11.2 Å². The second-order valence-electron chi connectivity index (χ2n) is 9.18. The third-order valence-electron chi connectivity index (χ3n) is 6.37. The summed E-state index contributed by atoms with van der Waals surface area (Å²) in [5, 5.41) is 40.8. The van der Waals surface area contributed by atoms with Crippen molar-refractivity contribution < 1.29 is 43.8 Å². The molecular weight excluding hydrogens is 508 g/mol. The average molecular weight is 533 g/mol. The Morgan fingerprint density at radius 2 is 1.82 bits per heavy atom. The van der Waals surface area contributed by atoms with Gasteiger partial charge in [-0.25, -0.2) is 0 Å². The van der Waals surface area contributed by atoms with E-state index in [1.807, 2.05) is 0 Å². The van der Waals surface area contributed by atoms with Crippen molar-refractivity contribution in [3.63, 3.8) is 0 Å². The van der Waals surface area contributed by atoms with Crippen molar-refractivity contribution in [1.82, 2.24) is 0 Å². The predicted octanol–water partition coefficient (Wildman–Crippen LogP) is 4.69. The molecule has 4 N–H and O–H groups in total. The van der Waals surface area contributed by atoms with Crippen molar-refractivity contribution in [2.75, 3.05) is 13.7 Å². The third-order valence-corrected chi connectivity index (χ3v) is 6.37. The number of carbonyl (C=O) groups excluding carboxylic acids is 1. The van der Waals surface area contributed by atoms with Crippen molar-refractivity contribution in [3.05, 3.63) is 76.0 Å². The molecule has 10 nitrogen and oxygen atoms in total. The second-order valence-corrected chi connectivity index (χ2v) is 9.18. The largest absolute Gasteiger partial charge is 0.507 e. The fourth-order valence-corrected chi connectivity index (χ4v) is 4.63. The third kappa shape index (κ3) is 4.35. The van der Waals surface area contributed by atoms with E-state index in [1.165, 1.54) is 13.2 Å². The van der Waals surface area contributed by atoms with Crippen molar-refractivity contribution >= 4 is 16.9 Å². The maximum atomic E-state index is 13.3. The maximum Gasteiger partial charge on any atom is 0.312 e. The van der Waals surface area contributed by atoms with Crippen LogP contribution < -0.4 is 19.6 Å². The molecule has 0 unspecified atom stereocenters. The lowest BCUT2D eigenvalue weighted by Gasteiger charge is -2.28. The Kier molecular flexibility index (Phi) is 6.31. The molecule has 0 saturated carbocycles. The number of hydrogen-bond acceptors (Lipinski definition) is 10. The number of esters is 1. The summed E-state index contributed by atoms with van der Waals surface area (Å²) in [4.78, 5) is 26.0. The van der Waals surface area contributed by atoms with Gasteiger partial charge in [0.25, 0.3) is 0 Å². The van der Waals surface area contributed by atoms with Gasteiger partial charge in [-0.1, -0.05) is 18.7 Å². The van der Waals surface area contributed by atoms with E-state index in [0.717, 1.165) is 23.8 Å². The van der Waals surface area contributed by atoms with Gasteiger partial charge in [-0.15, -0.1) is 0 Å². The number of benzene rings is 3. The smallest absolute Gasteiger partial charge is 0.312 e. The molecule has 0 radical (unpaired) electrons. The molecule has 1 aromatic heterocycles. The maximum absolute atomic E-state index is 13.3. The van der Waals surface area contributed by atoms with E-state index in [1.54, 1.807) is 25.1 Å². The van der Waals surface area contributed by atoms with Crippen molar-refractivity contribution in [2.24, 2.45) is 0 Å². The minimum atomic E-state index is -0.945. The van der Waals surface area contributed by atoms with Crippen LogP contribution in [0.3, 0.4) is 0 Å². The Labute approximate surface area is 221 Å². The van der Waals surface area contributed by atoms with E-state index in [9.17, 15) is 30.0 Å². The molecule has 0 amide bonds. The van der Waals surface area contributed by atoms with Crippen molar-refractivity contribution in [1.29, 1.82) is 0 Å². The van der Waals surface area contributed by atoms with E-state index >= 15 is 0 Å². The lowest BCUT2D eigenvalue weighted by molar-refractivity contribution is -0.135. The van der Waals surface area contributed by atoms with Crippen LogP contribution in [0.5, 0.6) is 40.2 Å². The molecule has 200 valence electrons. The summed E-state index contributed by atoms with van der Waals surface area (Å²) in [6.07, 6.45) is -0.163. The summed E-state index contributed by atoms with van der Waals surface area (Å²) in [6, 6.07) is 9.88. The Balaban J connectivity index is 1.83. The van der Waals surface area contributed by atoms with Crippen LogP contribution in [-0.4, -0.2) is 40.1 Å². The molecule has 0 spiro atoms. The Hall–Kier alpha value is -5.12. The van der Waals surface area contributed by atoms with E-state index in [-0.39, 0.29) is 46.6 Å². The fraction of sp³-hybridized carbons (Fsp3) is 0.172. The van der Waals surface area contributed by atoms with E-state index in [2.05, 4.69) is 6.58 Å². The minimum absolute atomic E-state index is 0.0386. The number of phenols is 3. The van der Waals surface area contributed by atoms with E-state index in [4.69, 9.17) is 18.6 Å². The Bertz CT molecular complexity index is 1720. The first-order valence-corrected chi connectivity index (χ1v) is 11.8. The number of carbonyl (C=O) groups is 1. The lowest BCUT2D eigenvalue weighted by atomic mass is 9.84. The predicted molar refractivity (Wildman–Crippen MR) is 140 cm³/mol. The molecule has 0 bridgehead atoms. The molecule has 0 aliphatic carbocycles. The number of ether oxygens (including phenoxy) is 3. The molecule has 5 rings (SSSR count). The van der Waals surface area contributed by atoms with Crippen LogP contribution in [-0.2, 0) is 4.79 Å². The highest BCUT2D eigenvalue weighted by molar-refractivity contribution is 5.94. The highest BCUT2D eigenvalue weighted by Gasteiger charge is 2.36. The first-order chi connectivity index (χ1) is 18.6. The van der Waals surface area contributed by atoms with E-state index in [0.29, 0.717) is 17.1 Å². The van der Waals surface area contributed by atoms with Crippen LogP contribution >= 0.6 is 0 Å². The van der Waals surface area contributed by atoms with Gasteiger partial charge in [-0.3, -0.25) is 9.59 Å². The number of fused-ring (bicyclic) bond motifs is 3. The molecule has 2 heterocycles. The van der Waals surface area contributed by atoms with Crippen LogP contribution in [0.15, 0.2) is 63.8 Å². The number of aromatic hydroxyl groups is 4. The normalized spacial score (nSPS) is 14.5. The summed E-state index contributed by atoms with van der Waals surface area (Å²) in [5.41, 5.74) is 0.530. The standard InChI is InChI=1S/C29H24O10/c1-13(2)12-37-28-15(5-4-6-20(28)36-3)16-10-22(33)38-21-11-19(32)24-25(34)26(35)27(39-29(24)23(16)21)14-7-8-17(30)18(31)9-14/h4-9,11,16,30-32,35H,1,10,12H2,2-3H3/t16-/m0/s1. The van der Waals surface area contributed by atoms with Gasteiger partial charge in [0.15, 0.2) is 28.8 Å². The quantitative estimate of drug-likeness (QED) is 0.119. The lowest BCUT2D eigenvalue weighted by Crippen LogP contribution is -2.22. The van der Waals surface area contributed by atoms with Crippen LogP contribution in [0.2, 0.25) is 0 Å². The van der Waals surface area contributed by atoms with Crippen LogP contribution in [0.4, 0.5) is 0 Å². The van der Waals surface area contributed by atoms with Crippen LogP contribution in [0, 0.1) is 0 Å². The van der Waals surface area contributed by atoms with Crippen molar-refractivity contribution in [2.45, 2.75) is 19.3 Å². The topological polar surface area (TPSA) is 156 Å². The zero-order valence-electron chi connectivity index (χ0n) is 21.0. The van der Waals surface area contributed by atoms with E-state index < -0.39 is 40.3 Å². The highest BCUT2D eigenvalue weighted by Crippen LogP contribution is 2.50. The van der Waals surface area contributed by atoms with Crippen molar-refractivity contribution in [3.8, 4) is 51.6 Å². The van der Waals surface area contributed by atoms with Gasteiger partial charge in [-0.05, 0) is 36.8 Å². The second kappa shape index (κ2) is 9.64. The van der Waals surface area contributed by atoms with Crippen LogP contribution in [0.1, 0.15) is 30.4 Å². The monoisotopic (exact) mass is 532 g/mol. The molecule has 4 aromatic rings. The number of phenolic OH excluding ortho intramolecular Hbond substituents is 3. The molecule has 1 aliphatic rings. The number of rotatable bonds is 6. The zero-order valence-corrected chi connectivity index (χ0v) is 21.0. The van der Waals surface area contributed by atoms with Gasteiger partial charge < -0.3 is 39.1 Å². The SMILES string of the molecule is C=C(C)COc1c(OC)cccc1[C@@H]1CC(=O)Oc2cc(O)c3c(=O)c(O)c(-c4ccc(O)c(O)c4)oc3c21. The average Bonchev–Trinajstić information content (AvgIpc) is 2.89. The first kappa shape index (κ1) is 25.5. The summed E-state index contributed by atoms with van der Waals surface area (Å²) >= 11 is 0. The van der Waals surface area contributed by atoms with Gasteiger partial charge in [0.05, 0.1) is 13.5 Å². The molecule has 3 aromatic carbocycles. The summed E-state index contributed by atoms with van der Waals surface area (Å²) in [6.45, 7) is 5.83. The summed E-state index contributed by atoms with van der Waals surface area (Å²) in [5.74, 6) is -3.28. The Morgan fingerprint density at radius 3 is 2.51 bits per heavy atom. The number of methoxy groups -OCH3 is 1. The van der Waals surface area contributed by atoms with Gasteiger partial charge in [-0.2, -0.15) is 0 Å². The first-order valence-electron chi connectivity index (χ1n) is 11.8. The zero-order chi connectivity index (χ0) is 28.0. The number of para-hydroxylation sites is 1. The molecule has 1 atom stereocenters. The minimum Gasteiger partial charge on any atom is -0.507 e. The Morgan fingerprint density at radius 1 is 1.05 bits per heavy atom. The fourth-order valence-electron chi connectivity index (χ4n) is 4.63. The molecule has 1 aliphatic heterocycles. The number of hydrogen-bond donors (Lipinski definition) is 4. The van der Waals surface area contributed by atoms with Gasteiger partial charge in [0.1, 0.15) is 29.1 Å². The molecule has 10 heteroatoms. The molecular formula is C29H24O10. The summed E-state index contributed by atoms with van der Waals surface area (Å²) in [7, 11) is 1.48.